The van der Waals surface area contributed by atoms with Gasteiger partial charge in [-0.15, -0.1) is 0 Å². The number of nitrogens with two attached hydrogens (primary N) is 1. The van der Waals surface area contributed by atoms with Gasteiger partial charge in [0, 0.05) is 18.9 Å². The molecule has 0 aromatic carbocycles. The maximum absolute atomic E-state index is 12.4. The van der Waals surface area contributed by atoms with E-state index in [2.05, 4.69) is 4.98 Å². The van der Waals surface area contributed by atoms with Gasteiger partial charge in [-0.2, -0.15) is 0 Å². The molecule has 24 heavy (non-hydrogen) atoms. The van der Waals surface area contributed by atoms with E-state index < -0.39 is 29.7 Å². The highest BCUT2D eigenvalue weighted by atomic mass is 16.6. The summed E-state index contributed by atoms with van der Waals surface area (Å²) < 4.78 is 5.44. The highest BCUT2D eigenvalue weighted by Gasteiger charge is 2.41. The minimum atomic E-state index is -0.999. The summed E-state index contributed by atoms with van der Waals surface area (Å²) in [6.07, 6.45) is 3.67. The van der Waals surface area contributed by atoms with Crippen molar-refractivity contribution < 1.29 is 19.4 Å². The van der Waals surface area contributed by atoms with Crippen molar-refractivity contribution in [2.45, 2.75) is 51.4 Å². The van der Waals surface area contributed by atoms with E-state index in [0.717, 1.165) is 0 Å². The molecule has 1 fully saturated rings. The molecule has 1 aromatic heterocycles. The third-order valence-corrected chi connectivity index (χ3v) is 4.02. The number of aromatic nitrogens is 1. The number of rotatable bonds is 4. The number of hydrogen-bond donors (Lipinski definition) is 2. The Morgan fingerprint density at radius 3 is 2.54 bits per heavy atom. The molecule has 3 N–H and O–H groups in total. The molecule has 1 saturated heterocycles. The van der Waals surface area contributed by atoms with Gasteiger partial charge in [-0.3, -0.25) is 19.5 Å². The first-order valence-electron chi connectivity index (χ1n) is 8.07. The summed E-state index contributed by atoms with van der Waals surface area (Å²) in [7, 11) is 0. The van der Waals surface area contributed by atoms with Crippen LogP contribution in [0.1, 0.15) is 45.2 Å². The number of pyridine rings is 1. The number of carbonyl (C=O) groups excluding carboxylic acids is 1. The molecule has 0 aliphatic carbocycles. The number of esters is 1. The van der Waals surface area contributed by atoms with Crippen LogP contribution < -0.4 is 5.73 Å². The summed E-state index contributed by atoms with van der Waals surface area (Å²) >= 11 is 0. The number of aliphatic carboxylic acids is 1. The number of carbonyl (C=O) groups is 2. The topological polar surface area (TPSA) is 106 Å². The fourth-order valence-electron chi connectivity index (χ4n) is 3.00. The van der Waals surface area contributed by atoms with Crippen LogP contribution in [-0.2, 0) is 14.3 Å². The molecule has 1 aromatic rings. The first-order chi connectivity index (χ1) is 11.2. The zero-order valence-electron chi connectivity index (χ0n) is 14.3. The number of nitrogens with zero attached hydrogens (tertiary/aromatic N) is 2. The lowest BCUT2D eigenvalue weighted by molar-refractivity contribution is -0.167. The summed E-state index contributed by atoms with van der Waals surface area (Å²) in [6, 6.07) is 2.40. The van der Waals surface area contributed by atoms with Crippen LogP contribution in [-0.4, -0.2) is 45.2 Å². The molecule has 132 valence electrons. The predicted molar refractivity (Wildman–Crippen MR) is 87.9 cm³/mol. The number of carboxylic acids is 1. The maximum atomic E-state index is 12.4. The molecule has 2 rings (SSSR count). The standard InChI is InChI=1S/C17H25N3O4/c1-17(2,3)24-16(23)12-5-4-10-20(14(12)18)13(15(21)22)11-6-8-19-9-7-11/h6-9,12-14H,4-5,10,18H2,1-3H3,(H,21,22)/t12-,13-,14+/m1/s1. The Morgan fingerprint density at radius 2 is 2.00 bits per heavy atom. The van der Waals surface area contributed by atoms with E-state index in [4.69, 9.17) is 10.5 Å². The minimum Gasteiger partial charge on any atom is -0.480 e. The smallest absolute Gasteiger partial charge is 0.325 e. The van der Waals surface area contributed by atoms with Crippen LogP contribution in [0.2, 0.25) is 0 Å². The Morgan fingerprint density at radius 1 is 1.38 bits per heavy atom. The average Bonchev–Trinajstić information content (AvgIpc) is 2.48. The monoisotopic (exact) mass is 335 g/mol. The molecule has 0 saturated carbocycles. The van der Waals surface area contributed by atoms with Crippen molar-refractivity contribution in [2.24, 2.45) is 11.7 Å². The Bertz CT molecular complexity index is 585. The Balaban J connectivity index is 2.23. The second-order valence-electron chi connectivity index (χ2n) is 7.03. The van der Waals surface area contributed by atoms with Crippen molar-refractivity contribution in [1.29, 1.82) is 0 Å². The van der Waals surface area contributed by atoms with E-state index in [0.29, 0.717) is 24.9 Å². The molecule has 0 unspecified atom stereocenters. The van der Waals surface area contributed by atoms with Gasteiger partial charge in [0.2, 0.25) is 0 Å². The number of carboxylic acid groups (broad SMARTS) is 1. The van der Waals surface area contributed by atoms with Crippen molar-refractivity contribution in [3.05, 3.63) is 30.1 Å². The van der Waals surface area contributed by atoms with Crippen molar-refractivity contribution >= 4 is 11.9 Å². The Hall–Kier alpha value is -1.99. The van der Waals surface area contributed by atoms with Crippen LogP contribution in [0, 0.1) is 5.92 Å². The largest absolute Gasteiger partial charge is 0.480 e. The number of hydrogen-bond acceptors (Lipinski definition) is 6. The number of piperidine rings is 1. The summed E-state index contributed by atoms with van der Waals surface area (Å²) in [6.45, 7) is 5.91. The normalized spacial score (nSPS) is 23.5. The molecule has 1 aliphatic heterocycles. The SMILES string of the molecule is CC(C)(C)OC(=O)[C@@H]1CCCN([C@@H](C(=O)O)c2ccncc2)[C@@H]1N. The summed E-state index contributed by atoms with van der Waals surface area (Å²) in [4.78, 5) is 29.8. The number of likely N-dealkylation sites (tertiary alicyclic amines) is 1. The first-order valence-corrected chi connectivity index (χ1v) is 8.07. The zero-order valence-corrected chi connectivity index (χ0v) is 14.3. The summed E-state index contributed by atoms with van der Waals surface area (Å²) in [5.74, 6) is -1.92. The molecule has 2 heterocycles. The molecular formula is C17H25N3O4. The lowest BCUT2D eigenvalue weighted by Crippen LogP contribution is -2.56. The van der Waals surface area contributed by atoms with E-state index in [1.54, 1.807) is 50.2 Å². The lowest BCUT2D eigenvalue weighted by Gasteiger charge is -2.41. The average molecular weight is 335 g/mol. The Labute approximate surface area is 141 Å². The number of ether oxygens (including phenoxy) is 1. The third kappa shape index (κ3) is 4.30. The van der Waals surface area contributed by atoms with Gasteiger partial charge in [0.25, 0.3) is 0 Å². The summed E-state index contributed by atoms with van der Waals surface area (Å²) in [5, 5.41) is 9.67. The second kappa shape index (κ2) is 7.27. The van der Waals surface area contributed by atoms with Gasteiger partial charge in [0.15, 0.2) is 0 Å². The molecule has 0 amide bonds. The van der Waals surface area contributed by atoms with E-state index in [1.165, 1.54) is 0 Å². The highest BCUT2D eigenvalue weighted by Crippen LogP contribution is 2.31. The predicted octanol–water partition coefficient (Wildman–Crippen LogP) is 1.55. The van der Waals surface area contributed by atoms with Crippen LogP contribution >= 0.6 is 0 Å². The third-order valence-electron chi connectivity index (χ3n) is 4.02. The quantitative estimate of drug-likeness (QED) is 0.804. The first kappa shape index (κ1) is 18.4. The second-order valence-corrected chi connectivity index (χ2v) is 7.03. The van der Waals surface area contributed by atoms with Gasteiger partial charge >= 0.3 is 11.9 Å². The van der Waals surface area contributed by atoms with Crippen LogP contribution in [0.5, 0.6) is 0 Å². The van der Waals surface area contributed by atoms with Crippen LogP contribution in [0.15, 0.2) is 24.5 Å². The van der Waals surface area contributed by atoms with Crippen molar-refractivity contribution in [2.75, 3.05) is 6.54 Å². The maximum Gasteiger partial charge on any atom is 0.325 e. The van der Waals surface area contributed by atoms with Crippen molar-refractivity contribution in [3.8, 4) is 0 Å². The molecule has 0 bridgehead atoms. The summed E-state index contributed by atoms with van der Waals surface area (Å²) in [5.41, 5.74) is 6.26. The van der Waals surface area contributed by atoms with Gasteiger partial charge in [0.1, 0.15) is 11.6 Å². The van der Waals surface area contributed by atoms with Crippen LogP contribution in [0.3, 0.4) is 0 Å². The molecule has 1 aliphatic rings. The fraction of sp³-hybridized carbons (Fsp3) is 0.588. The van der Waals surface area contributed by atoms with Crippen molar-refractivity contribution in [3.63, 3.8) is 0 Å². The van der Waals surface area contributed by atoms with Gasteiger partial charge in [-0.25, -0.2) is 0 Å². The van der Waals surface area contributed by atoms with Crippen LogP contribution in [0.4, 0.5) is 0 Å². The molecule has 0 spiro atoms. The Kier molecular flexibility index (Phi) is 5.56. The minimum absolute atomic E-state index is 0.376. The zero-order chi connectivity index (χ0) is 17.9. The van der Waals surface area contributed by atoms with Gasteiger partial charge in [-0.05, 0) is 51.3 Å². The van der Waals surface area contributed by atoms with E-state index in [1.807, 2.05) is 0 Å². The van der Waals surface area contributed by atoms with Gasteiger partial charge in [-0.1, -0.05) is 0 Å². The van der Waals surface area contributed by atoms with E-state index >= 15 is 0 Å². The van der Waals surface area contributed by atoms with Crippen LogP contribution in [0.25, 0.3) is 0 Å². The molecule has 3 atom stereocenters. The van der Waals surface area contributed by atoms with Gasteiger partial charge < -0.3 is 15.6 Å². The molecular weight excluding hydrogens is 310 g/mol. The van der Waals surface area contributed by atoms with Crippen molar-refractivity contribution in [1.82, 2.24) is 9.88 Å². The lowest BCUT2D eigenvalue weighted by atomic mass is 9.91. The fourth-order valence-corrected chi connectivity index (χ4v) is 3.00. The highest BCUT2D eigenvalue weighted by molar-refractivity contribution is 5.77. The van der Waals surface area contributed by atoms with E-state index in [9.17, 15) is 14.7 Å². The van der Waals surface area contributed by atoms with E-state index in [-0.39, 0.29) is 5.97 Å². The molecule has 0 radical (unpaired) electrons. The molecule has 7 heteroatoms. The molecule has 7 nitrogen and oxygen atoms in total. The van der Waals surface area contributed by atoms with Gasteiger partial charge in [0.05, 0.1) is 12.1 Å².